The van der Waals surface area contributed by atoms with Crippen LogP contribution in [0.1, 0.15) is 36.8 Å². The van der Waals surface area contributed by atoms with E-state index < -0.39 is 5.41 Å². The van der Waals surface area contributed by atoms with Crippen LogP contribution in [0.5, 0.6) is 0 Å². The molecule has 0 aromatic heterocycles. The zero-order chi connectivity index (χ0) is 16.3. The lowest BCUT2D eigenvalue weighted by atomic mass is 9.77. The molecule has 0 atom stereocenters. The number of benzene rings is 2. The van der Waals surface area contributed by atoms with Gasteiger partial charge in [0.15, 0.2) is 0 Å². The molecule has 1 saturated carbocycles. The Morgan fingerprint density at radius 2 is 1.87 bits per heavy atom. The van der Waals surface area contributed by atoms with Gasteiger partial charge >= 0.3 is 0 Å². The summed E-state index contributed by atoms with van der Waals surface area (Å²) in [7, 11) is 0. The highest BCUT2D eigenvalue weighted by molar-refractivity contribution is 5.99. The van der Waals surface area contributed by atoms with Gasteiger partial charge in [0, 0.05) is 11.3 Å². The summed E-state index contributed by atoms with van der Waals surface area (Å²) in [6, 6.07) is 15.3. The van der Waals surface area contributed by atoms with E-state index in [1.807, 2.05) is 6.07 Å². The van der Waals surface area contributed by atoms with Crippen molar-refractivity contribution >= 4 is 11.6 Å². The quantitative estimate of drug-likeness (QED) is 0.926. The molecule has 3 nitrogen and oxygen atoms in total. The first kappa shape index (κ1) is 15.2. The van der Waals surface area contributed by atoms with Crippen LogP contribution < -0.4 is 5.32 Å². The maximum absolute atomic E-state index is 14.3. The highest BCUT2D eigenvalue weighted by atomic mass is 19.1. The van der Waals surface area contributed by atoms with Gasteiger partial charge < -0.3 is 5.32 Å². The first-order valence-corrected chi connectivity index (χ1v) is 7.72. The number of nitriles is 1. The normalized spacial score (nSPS) is 15.8. The van der Waals surface area contributed by atoms with Gasteiger partial charge in [-0.2, -0.15) is 5.26 Å². The first-order valence-electron chi connectivity index (χ1n) is 7.72. The molecule has 2 aromatic rings. The number of nitrogens with zero attached hydrogens (tertiary/aromatic N) is 1. The third-order valence-electron chi connectivity index (χ3n) is 4.53. The lowest BCUT2D eigenvalue weighted by Gasteiger charge is -2.28. The van der Waals surface area contributed by atoms with Gasteiger partial charge in [0.25, 0.3) is 0 Å². The van der Waals surface area contributed by atoms with Crippen molar-refractivity contribution in [3.63, 3.8) is 0 Å². The molecule has 1 aliphatic rings. The molecule has 1 N–H and O–H groups in total. The van der Waals surface area contributed by atoms with E-state index in [0.717, 1.165) is 12.8 Å². The molecule has 0 heterocycles. The van der Waals surface area contributed by atoms with Crippen molar-refractivity contribution in [3.05, 3.63) is 65.5 Å². The van der Waals surface area contributed by atoms with E-state index in [0.29, 0.717) is 29.7 Å². The SMILES string of the molecule is N#Cc1cccc(NC(=O)C2(c3ccccc3F)CCCC2)c1. The highest BCUT2D eigenvalue weighted by Crippen LogP contribution is 2.43. The second-order valence-corrected chi connectivity index (χ2v) is 5.92. The molecule has 23 heavy (non-hydrogen) atoms. The summed E-state index contributed by atoms with van der Waals surface area (Å²) in [5.41, 5.74) is 0.686. The second-order valence-electron chi connectivity index (χ2n) is 5.92. The van der Waals surface area contributed by atoms with Crippen molar-refractivity contribution < 1.29 is 9.18 Å². The Labute approximate surface area is 134 Å². The Morgan fingerprint density at radius 1 is 1.13 bits per heavy atom. The zero-order valence-corrected chi connectivity index (χ0v) is 12.7. The molecule has 1 aliphatic carbocycles. The molecule has 0 aliphatic heterocycles. The van der Waals surface area contributed by atoms with E-state index in [-0.39, 0.29) is 11.7 Å². The average Bonchev–Trinajstić information content (AvgIpc) is 3.06. The summed E-state index contributed by atoms with van der Waals surface area (Å²) < 4.78 is 14.3. The molecule has 0 radical (unpaired) electrons. The Bertz CT molecular complexity index is 773. The fourth-order valence-electron chi connectivity index (χ4n) is 3.36. The standard InChI is InChI=1S/C19H17FN2O/c20-17-9-2-1-8-16(17)19(10-3-4-11-19)18(23)22-15-7-5-6-14(12-15)13-21/h1-2,5-9,12H,3-4,10-11H2,(H,22,23). The van der Waals surface area contributed by atoms with Gasteiger partial charge in [-0.15, -0.1) is 0 Å². The molecule has 116 valence electrons. The number of hydrogen-bond donors (Lipinski definition) is 1. The summed E-state index contributed by atoms with van der Waals surface area (Å²) in [4.78, 5) is 12.9. The fraction of sp³-hybridized carbons (Fsp3) is 0.263. The van der Waals surface area contributed by atoms with Crippen LogP contribution in [0, 0.1) is 17.1 Å². The molecular weight excluding hydrogens is 291 g/mol. The lowest BCUT2D eigenvalue weighted by Crippen LogP contribution is -2.38. The van der Waals surface area contributed by atoms with Crippen LogP contribution in [0.3, 0.4) is 0 Å². The highest BCUT2D eigenvalue weighted by Gasteiger charge is 2.44. The summed E-state index contributed by atoms with van der Waals surface area (Å²) in [5, 5.41) is 11.8. The molecular formula is C19H17FN2O. The third kappa shape index (κ3) is 2.83. The van der Waals surface area contributed by atoms with Gasteiger partial charge in [-0.3, -0.25) is 4.79 Å². The predicted octanol–water partition coefficient (Wildman–Crippen LogP) is 4.15. The molecule has 1 fully saturated rings. The molecule has 3 rings (SSSR count). The maximum atomic E-state index is 14.3. The summed E-state index contributed by atoms with van der Waals surface area (Å²) in [5.74, 6) is -0.537. The van der Waals surface area contributed by atoms with Gasteiger partial charge in [-0.25, -0.2) is 4.39 Å². The predicted molar refractivity (Wildman–Crippen MR) is 86.3 cm³/mol. The molecule has 0 spiro atoms. The summed E-state index contributed by atoms with van der Waals surface area (Å²) >= 11 is 0. The first-order chi connectivity index (χ1) is 11.2. The molecule has 0 saturated heterocycles. The maximum Gasteiger partial charge on any atom is 0.235 e. The van der Waals surface area contributed by atoms with Gasteiger partial charge in [0.2, 0.25) is 5.91 Å². The molecule has 1 amide bonds. The molecule has 0 unspecified atom stereocenters. The van der Waals surface area contributed by atoms with E-state index in [9.17, 15) is 9.18 Å². The number of amides is 1. The third-order valence-corrected chi connectivity index (χ3v) is 4.53. The fourth-order valence-corrected chi connectivity index (χ4v) is 3.36. The van der Waals surface area contributed by atoms with Crippen LogP contribution in [-0.2, 0) is 10.2 Å². The molecule has 2 aromatic carbocycles. The lowest BCUT2D eigenvalue weighted by molar-refractivity contribution is -0.121. The Kier molecular flexibility index (Phi) is 4.12. The number of nitrogens with one attached hydrogen (secondary N) is 1. The monoisotopic (exact) mass is 308 g/mol. The van der Waals surface area contributed by atoms with E-state index in [1.54, 1.807) is 42.5 Å². The second kappa shape index (κ2) is 6.21. The van der Waals surface area contributed by atoms with Gasteiger partial charge in [-0.1, -0.05) is 37.1 Å². The van der Waals surface area contributed by atoms with Crippen LogP contribution in [0.25, 0.3) is 0 Å². The van der Waals surface area contributed by atoms with Crippen molar-refractivity contribution in [2.75, 3.05) is 5.32 Å². The average molecular weight is 308 g/mol. The van der Waals surface area contributed by atoms with Crippen LogP contribution in [0.15, 0.2) is 48.5 Å². The van der Waals surface area contributed by atoms with Crippen LogP contribution in [0.2, 0.25) is 0 Å². The summed E-state index contributed by atoms with van der Waals surface area (Å²) in [6.45, 7) is 0. The van der Waals surface area contributed by atoms with Crippen LogP contribution >= 0.6 is 0 Å². The van der Waals surface area contributed by atoms with E-state index in [2.05, 4.69) is 5.32 Å². The number of carbonyl (C=O) groups is 1. The van der Waals surface area contributed by atoms with Crippen LogP contribution in [0.4, 0.5) is 10.1 Å². The van der Waals surface area contributed by atoms with E-state index in [4.69, 9.17) is 5.26 Å². The smallest absolute Gasteiger partial charge is 0.235 e. The van der Waals surface area contributed by atoms with E-state index in [1.165, 1.54) is 6.07 Å². The topological polar surface area (TPSA) is 52.9 Å². The molecule has 0 bridgehead atoms. The zero-order valence-electron chi connectivity index (χ0n) is 12.7. The number of hydrogen-bond acceptors (Lipinski definition) is 2. The van der Waals surface area contributed by atoms with E-state index >= 15 is 0 Å². The largest absolute Gasteiger partial charge is 0.325 e. The van der Waals surface area contributed by atoms with Gasteiger partial charge in [0.1, 0.15) is 5.82 Å². The van der Waals surface area contributed by atoms with Gasteiger partial charge in [0.05, 0.1) is 17.0 Å². The van der Waals surface area contributed by atoms with Crippen LogP contribution in [-0.4, -0.2) is 5.91 Å². The van der Waals surface area contributed by atoms with Crippen molar-refractivity contribution in [2.45, 2.75) is 31.1 Å². The van der Waals surface area contributed by atoms with Crippen molar-refractivity contribution in [1.29, 1.82) is 5.26 Å². The molecule has 4 heteroatoms. The van der Waals surface area contributed by atoms with Crippen molar-refractivity contribution in [2.24, 2.45) is 0 Å². The number of rotatable bonds is 3. The minimum atomic E-state index is -0.825. The Balaban J connectivity index is 1.94. The Hall–Kier alpha value is -2.67. The number of carbonyl (C=O) groups excluding carboxylic acids is 1. The van der Waals surface area contributed by atoms with Gasteiger partial charge in [-0.05, 0) is 37.1 Å². The minimum absolute atomic E-state index is 0.199. The number of anilines is 1. The Morgan fingerprint density at radius 3 is 2.57 bits per heavy atom. The van der Waals surface area contributed by atoms with Crippen molar-refractivity contribution in [1.82, 2.24) is 0 Å². The minimum Gasteiger partial charge on any atom is -0.325 e. The number of halogens is 1. The summed E-state index contributed by atoms with van der Waals surface area (Å²) in [6.07, 6.45) is 3.08. The van der Waals surface area contributed by atoms with Crippen molar-refractivity contribution in [3.8, 4) is 6.07 Å².